The smallest absolute Gasteiger partial charge is 0.0643 e. The lowest BCUT2D eigenvalue weighted by atomic mass is 9.84. The van der Waals surface area contributed by atoms with Crippen LogP contribution in [0.3, 0.4) is 0 Å². The molecule has 1 aliphatic rings. The first kappa shape index (κ1) is 16.9. The lowest BCUT2D eigenvalue weighted by molar-refractivity contribution is 0.234. The molecule has 118 valence electrons. The molecule has 1 N–H and O–H groups in total. The molecule has 0 aromatic heterocycles. The minimum atomic E-state index is 0.220. The highest BCUT2D eigenvalue weighted by Crippen LogP contribution is 2.35. The van der Waals surface area contributed by atoms with Crippen LogP contribution in [0.25, 0.3) is 0 Å². The Morgan fingerprint density at radius 1 is 1.24 bits per heavy atom. The number of nitrogens with one attached hydrogen (secondary N) is 1. The number of anilines is 1. The van der Waals surface area contributed by atoms with E-state index in [0.717, 1.165) is 40.8 Å². The highest BCUT2D eigenvalue weighted by Gasteiger charge is 2.34. The van der Waals surface area contributed by atoms with Gasteiger partial charge in [-0.15, -0.1) is 0 Å². The lowest BCUT2D eigenvalue weighted by Crippen LogP contribution is -2.60. The lowest BCUT2D eigenvalue weighted by Gasteiger charge is -2.46. The summed E-state index contributed by atoms with van der Waals surface area (Å²) in [5, 5.41) is 5.27. The third-order valence-corrected chi connectivity index (χ3v) is 5.18. The van der Waals surface area contributed by atoms with Gasteiger partial charge in [-0.25, -0.2) is 0 Å². The second-order valence-electron chi connectivity index (χ2n) is 7.09. The van der Waals surface area contributed by atoms with Gasteiger partial charge in [0.2, 0.25) is 0 Å². The van der Waals surface area contributed by atoms with E-state index in [1.54, 1.807) is 0 Å². The maximum Gasteiger partial charge on any atom is 0.0643 e. The number of benzene rings is 1. The molecule has 0 saturated carbocycles. The molecule has 0 bridgehead atoms. The molecule has 1 heterocycles. The summed E-state index contributed by atoms with van der Waals surface area (Å²) in [5.74, 6) is 0. The largest absolute Gasteiger partial charge is 0.364 e. The maximum absolute atomic E-state index is 6.50. The molecule has 1 aromatic carbocycles. The Kier molecular flexibility index (Phi) is 5.12. The van der Waals surface area contributed by atoms with Crippen molar-refractivity contribution in [3.05, 3.63) is 27.7 Å². The standard InChI is InChI=1S/C17H26Cl2N2/c1-6-12-9-20-16(17(3,4)5)10-21(12)15-8-13(18)11(2)7-14(15)19/h7-8,12,16,20H,6,9-10H2,1-5H3. The summed E-state index contributed by atoms with van der Waals surface area (Å²) < 4.78 is 0. The van der Waals surface area contributed by atoms with Crippen LogP contribution in [0.4, 0.5) is 5.69 Å². The molecule has 2 atom stereocenters. The third-order valence-electron chi connectivity index (χ3n) is 4.47. The second kappa shape index (κ2) is 6.36. The van der Waals surface area contributed by atoms with E-state index < -0.39 is 0 Å². The third kappa shape index (κ3) is 3.67. The van der Waals surface area contributed by atoms with Crippen molar-refractivity contribution in [2.75, 3.05) is 18.0 Å². The highest BCUT2D eigenvalue weighted by molar-refractivity contribution is 6.35. The molecule has 0 spiro atoms. The summed E-state index contributed by atoms with van der Waals surface area (Å²) in [7, 11) is 0. The van der Waals surface area contributed by atoms with Crippen LogP contribution in [0, 0.1) is 12.3 Å². The van der Waals surface area contributed by atoms with E-state index in [-0.39, 0.29) is 5.41 Å². The summed E-state index contributed by atoms with van der Waals surface area (Å²) in [5.41, 5.74) is 2.31. The fourth-order valence-corrected chi connectivity index (χ4v) is 3.38. The number of halogens is 2. The normalized spacial score (nSPS) is 23.5. The van der Waals surface area contributed by atoms with Crippen molar-refractivity contribution >= 4 is 28.9 Å². The van der Waals surface area contributed by atoms with Crippen LogP contribution in [0.15, 0.2) is 12.1 Å². The Bertz CT molecular complexity index is 508. The van der Waals surface area contributed by atoms with Crippen molar-refractivity contribution in [3.63, 3.8) is 0 Å². The molecule has 2 nitrogen and oxygen atoms in total. The zero-order valence-electron chi connectivity index (χ0n) is 13.6. The van der Waals surface area contributed by atoms with Gasteiger partial charge in [0.1, 0.15) is 0 Å². The monoisotopic (exact) mass is 328 g/mol. The van der Waals surface area contributed by atoms with Crippen molar-refractivity contribution < 1.29 is 0 Å². The Morgan fingerprint density at radius 2 is 1.90 bits per heavy atom. The van der Waals surface area contributed by atoms with Crippen LogP contribution in [-0.4, -0.2) is 25.2 Å². The molecule has 0 amide bonds. The molecule has 1 saturated heterocycles. The minimum Gasteiger partial charge on any atom is -0.364 e. The average molecular weight is 329 g/mol. The number of hydrogen-bond donors (Lipinski definition) is 1. The minimum absolute atomic E-state index is 0.220. The van der Waals surface area contributed by atoms with Gasteiger partial charge in [-0.05, 0) is 36.5 Å². The molecular weight excluding hydrogens is 303 g/mol. The molecule has 4 heteroatoms. The van der Waals surface area contributed by atoms with Gasteiger partial charge in [0.15, 0.2) is 0 Å². The van der Waals surface area contributed by atoms with Crippen LogP contribution in [0.5, 0.6) is 0 Å². The van der Waals surface area contributed by atoms with E-state index in [0.29, 0.717) is 12.1 Å². The molecule has 0 radical (unpaired) electrons. The molecule has 2 unspecified atom stereocenters. The molecule has 2 rings (SSSR count). The number of rotatable bonds is 2. The molecule has 1 aliphatic heterocycles. The quantitative estimate of drug-likeness (QED) is 0.830. The summed E-state index contributed by atoms with van der Waals surface area (Å²) in [6.07, 6.45) is 1.09. The summed E-state index contributed by atoms with van der Waals surface area (Å²) >= 11 is 12.8. The number of aryl methyl sites for hydroxylation is 1. The predicted octanol–water partition coefficient (Wildman–Crippen LogP) is 4.90. The zero-order chi connectivity index (χ0) is 15.8. The van der Waals surface area contributed by atoms with Gasteiger partial charge in [-0.3, -0.25) is 0 Å². The van der Waals surface area contributed by atoms with Crippen LogP contribution in [-0.2, 0) is 0 Å². The molecule has 21 heavy (non-hydrogen) atoms. The van der Waals surface area contributed by atoms with Crippen LogP contribution in [0.2, 0.25) is 10.0 Å². The first-order valence-electron chi connectivity index (χ1n) is 7.69. The topological polar surface area (TPSA) is 15.3 Å². The van der Waals surface area contributed by atoms with E-state index in [1.165, 1.54) is 0 Å². The van der Waals surface area contributed by atoms with E-state index in [2.05, 4.69) is 37.9 Å². The Morgan fingerprint density at radius 3 is 2.48 bits per heavy atom. The SMILES string of the molecule is CCC1CNC(C(C)(C)C)CN1c1cc(Cl)c(C)cc1Cl. The molecule has 1 aromatic rings. The fraction of sp³-hybridized carbons (Fsp3) is 0.647. The van der Waals surface area contributed by atoms with Crippen LogP contribution < -0.4 is 10.2 Å². The number of hydrogen-bond acceptors (Lipinski definition) is 2. The summed E-state index contributed by atoms with van der Waals surface area (Å²) in [6, 6.07) is 4.89. The Labute approximate surface area is 138 Å². The Hall–Kier alpha value is -0.440. The molecule has 0 aliphatic carbocycles. The van der Waals surface area contributed by atoms with E-state index in [9.17, 15) is 0 Å². The van der Waals surface area contributed by atoms with Gasteiger partial charge in [0.25, 0.3) is 0 Å². The molecular formula is C17H26Cl2N2. The predicted molar refractivity (Wildman–Crippen MR) is 93.9 cm³/mol. The van der Waals surface area contributed by atoms with Crippen molar-refractivity contribution in [1.29, 1.82) is 0 Å². The van der Waals surface area contributed by atoms with Gasteiger partial charge in [0, 0.05) is 30.2 Å². The van der Waals surface area contributed by atoms with E-state index >= 15 is 0 Å². The van der Waals surface area contributed by atoms with Crippen molar-refractivity contribution in [2.24, 2.45) is 5.41 Å². The second-order valence-corrected chi connectivity index (χ2v) is 7.91. The number of piperazine rings is 1. The zero-order valence-corrected chi connectivity index (χ0v) is 15.1. The maximum atomic E-state index is 6.50. The first-order valence-corrected chi connectivity index (χ1v) is 8.45. The van der Waals surface area contributed by atoms with Gasteiger partial charge in [-0.2, -0.15) is 0 Å². The Balaban J connectivity index is 2.36. The van der Waals surface area contributed by atoms with Crippen LogP contribution in [0.1, 0.15) is 39.7 Å². The highest BCUT2D eigenvalue weighted by atomic mass is 35.5. The van der Waals surface area contributed by atoms with Crippen LogP contribution >= 0.6 is 23.2 Å². The molecule has 1 fully saturated rings. The van der Waals surface area contributed by atoms with E-state index in [1.807, 2.05) is 19.1 Å². The van der Waals surface area contributed by atoms with Gasteiger partial charge in [0.05, 0.1) is 10.7 Å². The number of nitrogens with zero attached hydrogens (tertiary/aromatic N) is 1. The van der Waals surface area contributed by atoms with Crippen molar-refractivity contribution in [1.82, 2.24) is 5.32 Å². The summed E-state index contributed by atoms with van der Waals surface area (Å²) in [4.78, 5) is 2.43. The average Bonchev–Trinajstić information content (AvgIpc) is 2.41. The van der Waals surface area contributed by atoms with Gasteiger partial charge < -0.3 is 10.2 Å². The van der Waals surface area contributed by atoms with Crippen molar-refractivity contribution in [3.8, 4) is 0 Å². The fourth-order valence-electron chi connectivity index (χ4n) is 2.89. The summed E-state index contributed by atoms with van der Waals surface area (Å²) in [6.45, 7) is 13.0. The van der Waals surface area contributed by atoms with Gasteiger partial charge >= 0.3 is 0 Å². The van der Waals surface area contributed by atoms with Gasteiger partial charge in [-0.1, -0.05) is 50.9 Å². The van der Waals surface area contributed by atoms with Crippen molar-refractivity contribution in [2.45, 2.75) is 53.1 Å². The van der Waals surface area contributed by atoms with E-state index in [4.69, 9.17) is 23.2 Å². The first-order chi connectivity index (χ1) is 9.74.